The van der Waals surface area contributed by atoms with Crippen molar-refractivity contribution in [3.63, 3.8) is 0 Å². The minimum Gasteiger partial charge on any atom is -0.355 e. The number of amides is 2. The van der Waals surface area contributed by atoms with Crippen LogP contribution in [0.1, 0.15) is 37.8 Å². The van der Waals surface area contributed by atoms with E-state index in [-0.39, 0.29) is 18.4 Å². The Morgan fingerprint density at radius 1 is 0.969 bits per heavy atom. The number of nitrogens with one attached hydrogen (secondary N) is 1. The van der Waals surface area contributed by atoms with Crippen molar-refractivity contribution in [2.75, 3.05) is 6.54 Å². The predicted octanol–water partition coefficient (Wildman–Crippen LogP) is 6.02. The zero-order valence-corrected chi connectivity index (χ0v) is 19.9. The molecule has 0 aliphatic heterocycles. The summed E-state index contributed by atoms with van der Waals surface area (Å²) in [6, 6.07) is 18.9. The highest BCUT2D eigenvalue weighted by molar-refractivity contribution is 6.35. The summed E-state index contributed by atoms with van der Waals surface area (Å²) >= 11 is 12.4. The molecule has 3 rings (SSSR count). The third kappa shape index (κ3) is 5.81. The first-order chi connectivity index (χ1) is 15.4. The lowest BCUT2D eigenvalue weighted by Gasteiger charge is -2.31. The number of carbonyl (C=O) groups excluding carboxylic acids is 2. The van der Waals surface area contributed by atoms with Gasteiger partial charge in [0, 0.05) is 29.6 Å². The van der Waals surface area contributed by atoms with Crippen LogP contribution in [-0.2, 0) is 22.6 Å². The van der Waals surface area contributed by atoms with Crippen molar-refractivity contribution in [2.24, 2.45) is 0 Å². The van der Waals surface area contributed by atoms with Crippen LogP contribution >= 0.6 is 23.2 Å². The average molecular weight is 471 g/mol. The summed E-state index contributed by atoms with van der Waals surface area (Å²) in [5.74, 6) is -0.236. The Morgan fingerprint density at radius 2 is 1.72 bits per heavy atom. The highest BCUT2D eigenvalue weighted by Gasteiger charge is 2.28. The van der Waals surface area contributed by atoms with Gasteiger partial charge in [0.1, 0.15) is 6.04 Å². The molecular weight excluding hydrogens is 443 g/mol. The molecule has 2 amide bonds. The molecule has 0 spiro atoms. The van der Waals surface area contributed by atoms with E-state index in [1.54, 1.807) is 23.1 Å². The zero-order chi connectivity index (χ0) is 23.1. The molecule has 32 heavy (non-hydrogen) atoms. The second-order valence-electron chi connectivity index (χ2n) is 7.71. The van der Waals surface area contributed by atoms with Crippen molar-refractivity contribution in [3.05, 3.63) is 81.8 Å². The summed E-state index contributed by atoms with van der Waals surface area (Å²) in [6.45, 7) is 4.54. The lowest BCUT2D eigenvalue weighted by molar-refractivity contribution is -0.141. The van der Waals surface area contributed by atoms with E-state index in [1.165, 1.54) is 0 Å². The molecule has 0 fully saturated rings. The number of benzene rings is 3. The van der Waals surface area contributed by atoms with E-state index < -0.39 is 6.04 Å². The molecule has 0 bridgehead atoms. The summed E-state index contributed by atoms with van der Waals surface area (Å²) in [4.78, 5) is 27.8. The van der Waals surface area contributed by atoms with Crippen molar-refractivity contribution in [1.82, 2.24) is 10.2 Å². The van der Waals surface area contributed by atoms with Crippen LogP contribution in [0.2, 0.25) is 10.0 Å². The van der Waals surface area contributed by atoms with Gasteiger partial charge in [-0.2, -0.15) is 0 Å². The number of hydrogen-bond donors (Lipinski definition) is 1. The number of carbonyl (C=O) groups is 2. The minimum absolute atomic E-state index is 0.0814. The average Bonchev–Trinajstić information content (AvgIpc) is 2.79. The summed E-state index contributed by atoms with van der Waals surface area (Å²) in [6.07, 6.45) is 1.41. The van der Waals surface area contributed by atoms with Gasteiger partial charge >= 0.3 is 0 Å². The topological polar surface area (TPSA) is 49.4 Å². The standard InChI is InChI=1S/C26H28Cl2N2O2/c1-3-24(26(32)29-4-2)30(17-20-12-14-21(27)16-23(20)28)25(31)15-13-19-10-7-9-18-8-5-6-11-22(18)19/h5-12,14,16,24H,3-4,13,15,17H2,1-2H3,(H,29,32). The van der Waals surface area contributed by atoms with Gasteiger partial charge in [0.2, 0.25) is 11.8 Å². The molecule has 0 aromatic heterocycles. The Labute approximate surface area is 199 Å². The number of aryl methyl sites for hydroxylation is 1. The van der Waals surface area contributed by atoms with Crippen molar-refractivity contribution in [2.45, 2.75) is 45.7 Å². The minimum atomic E-state index is -0.568. The van der Waals surface area contributed by atoms with Gasteiger partial charge in [-0.1, -0.05) is 78.7 Å². The van der Waals surface area contributed by atoms with Gasteiger partial charge in [-0.3, -0.25) is 9.59 Å². The number of rotatable bonds is 9. The van der Waals surface area contributed by atoms with Gasteiger partial charge < -0.3 is 10.2 Å². The molecule has 6 heteroatoms. The fraction of sp³-hybridized carbons (Fsp3) is 0.308. The van der Waals surface area contributed by atoms with Crippen molar-refractivity contribution >= 4 is 45.8 Å². The van der Waals surface area contributed by atoms with E-state index in [0.717, 1.165) is 21.9 Å². The van der Waals surface area contributed by atoms with Gasteiger partial charge in [0.15, 0.2) is 0 Å². The van der Waals surface area contributed by atoms with Crippen LogP contribution < -0.4 is 5.32 Å². The first-order valence-electron chi connectivity index (χ1n) is 10.9. The number of hydrogen-bond acceptors (Lipinski definition) is 2. The maximum Gasteiger partial charge on any atom is 0.242 e. The second-order valence-corrected chi connectivity index (χ2v) is 8.56. The molecule has 3 aromatic rings. The lowest BCUT2D eigenvalue weighted by Crippen LogP contribution is -2.49. The maximum atomic E-state index is 13.4. The number of fused-ring (bicyclic) bond motifs is 1. The largest absolute Gasteiger partial charge is 0.355 e. The third-order valence-corrected chi connectivity index (χ3v) is 6.17. The normalized spacial score (nSPS) is 11.9. The van der Waals surface area contributed by atoms with E-state index in [4.69, 9.17) is 23.2 Å². The van der Waals surface area contributed by atoms with E-state index >= 15 is 0 Å². The Hall–Kier alpha value is -2.56. The van der Waals surface area contributed by atoms with E-state index in [9.17, 15) is 9.59 Å². The highest BCUT2D eigenvalue weighted by Crippen LogP contribution is 2.25. The quantitative estimate of drug-likeness (QED) is 0.415. The Bertz CT molecular complexity index is 1090. The van der Waals surface area contributed by atoms with Crippen LogP contribution in [0.4, 0.5) is 0 Å². The molecule has 0 saturated carbocycles. The van der Waals surface area contributed by atoms with Crippen molar-refractivity contribution in [3.8, 4) is 0 Å². The van der Waals surface area contributed by atoms with Gasteiger partial charge in [-0.05, 0) is 53.8 Å². The van der Waals surface area contributed by atoms with E-state index in [2.05, 4.69) is 29.6 Å². The van der Waals surface area contributed by atoms with Crippen LogP contribution in [0, 0.1) is 0 Å². The highest BCUT2D eigenvalue weighted by atomic mass is 35.5. The molecule has 4 nitrogen and oxygen atoms in total. The van der Waals surface area contributed by atoms with Crippen molar-refractivity contribution in [1.29, 1.82) is 0 Å². The summed E-state index contributed by atoms with van der Waals surface area (Å²) in [7, 11) is 0. The molecule has 0 saturated heterocycles. The van der Waals surface area contributed by atoms with Crippen LogP contribution in [0.3, 0.4) is 0 Å². The molecule has 0 aliphatic rings. The third-order valence-electron chi connectivity index (χ3n) is 5.58. The summed E-state index contributed by atoms with van der Waals surface area (Å²) in [5.41, 5.74) is 1.88. The molecule has 3 aromatic carbocycles. The number of likely N-dealkylation sites (N-methyl/N-ethyl adjacent to an activating group) is 1. The Morgan fingerprint density at radius 3 is 2.44 bits per heavy atom. The molecular formula is C26H28Cl2N2O2. The lowest BCUT2D eigenvalue weighted by atomic mass is 10.00. The fourth-order valence-corrected chi connectivity index (χ4v) is 4.41. The monoisotopic (exact) mass is 470 g/mol. The summed E-state index contributed by atoms with van der Waals surface area (Å²) < 4.78 is 0. The molecule has 168 valence electrons. The van der Waals surface area contributed by atoms with Crippen LogP contribution in [-0.4, -0.2) is 29.3 Å². The molecule has 1 N–H and O–H groups in total. The SMILES string of the molecule is CCNC(=O)C(CC)N(Cc1ccc(Cl)cc1Cl)C(=O)CCc1cccc2ccccc12. The molecule has 0 heterocycles. The van der Waals surface area contributed by atoms with E-state index in [1.807, 2.05) is 32.0 Å². The fourth-order valence-electron chi connectivity index (χ4n) is 3.94. The number of halogens is 2. The molecule has 1 atom stereocenters. The molecule has 0 radical (unpaired) electrons. The van der Waals surface area contributed by atoms with Crippen LogP contribution in [0.25, 0.3) is 10.8 Å². The van der Waals surface area contributed by atoms with Crippen LogP contribution in [0.15, 0.2) is 60.7 Å². The zero-order valence-electron chi connectivity index (χ0n) is 18.4. The van der Waals surface area contributed by atoms with Crippen LogP contribution in [0.5, 0.6) is 0 Å². The first-order valence-corrected chi connectivity index (χ1v) is 11.7. The Balaban J connectivity index is 1.85. The number of nitrogens with zero attached hydrogens (tertiary/aromatic N) is 1. The summed E-state index contributed by atoms with van der Waals surface area (Å²) in [5, 5.41) is 6.16. The van der Waals surface area contributed by atoms with Gasteiger partial charge in [-0.25, -0.2) is 0 Å². The predicted molar refractivity (Wildman–Crippen MR) is 132 cm³/mol. The molecule has 1 unspecified atom stereocenters. The maximum absolute atomic E-state index is 13.4. The second kappa shape index (κ2) is 11.3. The van der Waals surface area contributed by atoms with Gasteiger partial charge in [0.25, 0.3) is 0 Å². The van der Waals surface area contributed by atoms with E-state index in [0.29, 0.717) is 35.9 Å². The molecule has 0 aliphatic carbocycles. The van der Waals surface area contributed by atoms with Gasteiger partial charge in [0.05, 0.1) is 0 Å². The van der Waals surface area contributed by atoms with Crippen molar-refractivity contribution < 1.29 is 9.59 Å². The van der Waals surface area contributed by atoms with Gasteiger partial charge in [-0.15, -0.1) is 0 Å². The Kier molecular flexibility index (Phi) is 8.54. The first kappa shape index (κ1) is 24.1. The smallest absolute Gasteiger partial charge is 0.242 e.